The summed E-state index contributed by atoms with van der Waals surface area (Å²) in [5.74, 6) is 1.63. The summed E-state index contributed by atoms with van der Waals surface area (Å²) in [7, 11) is 0. The highest BCUT2D eigenvalue weighted by molar-refractivity contribution is 5.49. The van der Waals surface area contributed by atoms with Crippen molar-refractivity contribution in [3.05, 3.63) is 11.3 Å². The highest BCUT2D eigenvalue weighted by atomic mass is 15.3. The molecule has 0 aliphatic carbocycles. The fourth-order valence-corrected chi connectivity index (χ4v) is 2.38. The van der Waals surface area contributed by atoms with E-state index in [4.69, 9.17) is 5.73 Å². The summed E-state index contributed by atoms with van der Waals surface area (Å²) in [4.78, 5) is 2.35. The minimum Gasteiger partial charge on any atom is -0.355 e. The molecule has 1 aromatic heterocycles. The average molecular weight is 222 g/mol. The Bertz CT molecular complexity index is 348. The number of aromatic nitrogens is 2. The Hall–Kier alpha value is -1.03. The molecule has 16 heavy (non-hydrogen) atoms. The second-order valence-electron chi connectivity index (χ2n) is 5.07. The van der Waals surface area contributed by atoms with E-state index >= 15 is 0 Å². The van der Waals surface area contributed by atoms with Crippen molar-refractivity contribution in [2.45, 2.75) is 45.6 Å². The molecule has 0 unspecified atom stereocenters. The van der Waals surface area contributed by atoms with E-state index in [9.17, 15) is 0 Å². The highest BCUT2D eigenvalue weighted by Crippen LogP contribution is 2.26. The van der Waals surface area contributed by atoms with Crippen LogP contribution in [0.25, 0.3) is 0 Å². The summed E-state index contributed by atoms with van der Waals surface area (Å²) in [5, 5.41) is 7.60. The zero-order valence-corrected chi connectivity index (χ0v) is 10.5. The zero-order valence-electron chi connectivity index (χ0n) is 10.5. The molecule has 3 N–H and O–H groups in total. The third-order valence-corrected chi connectivity index (χ3v) is 3.44. The van der Waals surface area contributed by atoms with Gasteiger partial charge in [0.1, 0.15) is 0 Å². The van der Waals surface area contributed by atoms with Crippen molar-refractivity contribution in [3.63, 3.8) is 0 Å². The number of nitrogens with two attached hydrogens (primary N) is 1. The van der Waals surface area contributed by atoms with Gasteiger partial charge in [0, 0.05) is 30.4 Å². The van der Waals surface area contributed by atoms with Gasteiger partial charge in [0.2, 0.25) is 0 Å². The van der Waals surface area contributed by atoms with Crippen LogP contribution in [0.4, 0.5) is 5.82 Å². The predicted octanol–water partition coefficient (Wildman–Crippen LogP) is 1.77. The Morgan fingerprint density at radius 1 is 1.38 bits per heavy atom. The van der Waals surface area contributed by atoms with E-state index in [1.54, 1.807) is 0 Å². The molecule has 1 aliphatic heterocycles. The molecule has 90 valence electrons. The second-order valence-corrected chi connectivity index (χ2v) is 5.07. The van der Waals surface area contributed by atoms with Crippen LogP contribution in [-0.4, -0.2) is 29.3 Å². The topological polar surface area (TPSA) is 57.9 Å². The Morgan fingerprint density at radius 3 is 2.50 bits per heavy atom. The molecule has 4 nitrogen and oxygen atoms in total. The van der Waals surface area contributed by atoms with E-state index in [0.29, 0.717) is 12.0 Å². The number of anilines is 1. The van der Waals surface area contributed by atoms with Gasteiger partial charge in [0.05, 0.1) is 0 Å². The summed E-state index contributed by atoms with van der Waals surface area (Å²) in [5.41, 5.74) is 8.46. The number of nitrogens with one attached hydrogen (secondary N) is 1. The van der Waals surface area contributed by atoms with Gasteiger partial charge < -0.3 is 10.6 Å². The number of hydrogen-bond donors (Lipinski definition) is 2. The van der Waals surface area contributed by atoms with E-state index in [1.807, 2.05) is 0 Å². The maximum Gasteiger partial charge on any atom is 0.153 e. The number of aromatic amines is 1. The average Bonchev–Trinajstić information content (AvgIpc) is 2.61. The summed E-state index contributed by atoms with van der Waals surface area (Å²) in [6, 6.07) is 0.375. The van der Waals surface area contributed by atoms with Crippen molar-refractivity contribution < 1.29 is 0 Å². The first-order chi connectivity index (χ1) is 7.59. The Kier molecular flexibility index (Phi) is 3.19. The first kappa shape index (κ1) is 11.5. The first-order valence-electron chi connectivity index (χ1n) is 6.15. The molecule has 1 fully saturated rings. The molecule has 0 saturated carbocycles. The van der Waals surface area contributed by atoms with Gasteiger partial charge in [-0.2, -0.15) is 5.10 Å². The molecule has 1 aromatic rings. The van der Waals surface area contributed by atoms with Gasteiger partial charge >= 0.3 is 0 Å². The molecular formula is C12H22N4. The molecule has 0 radical (unpaired) electrons. The van der Waals surface area contributed by atoms with E-state index in [0.717, 1.165) is 31.7 Å². The third-order valence-electron chi connectivity index (χ3n) is 3.44. The number of hydrogen-bond acceptors (Lipinski definition) is 3. The lowest BCUT2D eigenvalue weighted by Crippen LogP contribution is -2.40. The predicted molar refractivity (Wildman–Crippen MR) is 66.8 cm³/mol. The second kappa shape index (κ2) is 4.45. The lowest BCUT2D eigenvalue weighted by atomic mass is 10.0. The first-order valence-corrected chi connectivity index (χ1v) is 6.15. The quantitative estimate of drug-likeness (QED) is 0.801. The number of rotatable bonds is 2. The molecule has 4 heteroatoms. The molecular weight excluding hydrogens is 200 g/mol. The van der Waals surface area contributed by atoms with E-state index in [-0.39, 0.29) is 0 Å². The van der Waals surface area contributed by atoms with E-state index in [2.05, 4.69) is 35.9 Å². The Balaban J connectivity index is 2.15. The molecule has 1 saturated heterocycles. The van der Waals surface area contributed by atoms with Crippen LogP contribution in [0, 0.1) is 6.92 Å². The monoisotopic (exact) mass is 222 g/mol. The van der Waals surface area contributed by atoms with Crippen LogP contribution in [0.3, 0.4) is 0 Å². The molecule has 0 spiro atoms. The maximum atomic E-state index is 5.91. The smallest absolute Gasteiger partial charge is 0.153 e. The van der Waals surface area contributed by atoms with Gasteiger partial charge in [0.15, 0.2) is 5.82 Å². The van der Waals surface area contributed by atoms with Crippen LogP contribution in [0.5, 0.6) is 0 Å². The minimum atomic E-state index is 0.375. The molecule has 1 aliphatic rings. The lowest BCUT2D eigenvalue weighted by Gasteiger charge is -2.30. The fraction of sp³-hybridized carbons (Fsp3) is 0.750. The van der Waals surface area contributed by atoms with Crippen molar-refractivity contribution >= 4 is 5.82 Å². The van der Waals surface area contributed by atoms with Gasteiger partial charge in [-0.15, -0.1) is 0 Å². The summed E-state index contributed by atoms with van der Waals surface area (Å²) >= 11 is 0. The van der Waals surface area contributed by atoms with E-state index < -0.39 is 0 Å². The standard InChI is InChI=1S/C12H22N4/c1-8(2)11-9(3)12(15-14-11)16-6-4-10(13)5-7-16/h8,10H,4-7,13H2,1-3H3,(H,14,15). The third kappa shape index (κ3) is 2.07. The molecule has 0 atom stereocenters. The Labute approximate surface area is 97.2 Å². The van der Waals surface area contributed by atoms with Crippen LogP contribution in [0.2, 0.25) is 0 Å². The molecule has 2 rings (SSSR count). The largest absolute Gasteiger partial charge is 0.355 e. The summed E-state index contributed by atoms with van der Waals surface area (Å²) in [6.45, 7) is 8.60. The van der Waals surface area contributed by atoms with E-state index in [1.165, 1.54) is 11.3 Å². The Morgan fingerprint density at radius 2 is 2.00 bits per heavy atom. The van der Waals surface area contributed by atoms with Gasteiger partial charge in [-0.1, -0.05) is 13.8 Å². The molecule has 2 heterocycles. The normalized spacial score (nSPS) is 18.4. The summed E-state index contributed by atoms with van der Waals surface area (Å²) < 4.78 is 0. The SMILES string of the molecule is Cc1c(N2CCC(N)CC2)n[nH]c1C(C)C. The van der Waals surface area contributed by atoms with Crippen LogP contribution < -0.4 is 10.6 Å². The van der Waals surface area contributed by atoms with Crippen molar-refractivity contribution in [3.8, 4) is 0 Å². The van der Waals surface area contributed by atoms with Crippen LogP contribution in [0.15, 0.2) is 0 Å². The zero-order chi connectivity index (χ0) is 11.7. The highest BCUT2D eigenvalue weighted by Gasteiger charge is 2.21. The molecule has 0 bridgehead atoms. The number of nitrogens with zero attached hydrogens (tertiary/aromatic N) is 2. The van der Waals surface area contributed by atoms with Crippen LogP contribution in [0.1, 0.15) is 43.9 Å². The van der Waals surface area contributed by atoms with Gasteiger partial charge in [-0.05, 0) is 25.7 Å². The number of piperidine rings is 1. The van der Waals surface area contributed by atoms with Crippen molar-refractivity contribution in [1.29, 1.82) is 0 Å². The van der Waals surface area contributed by atoms with Gasteiger partial charge in [0.25, 0.3) is 0 Å². The lowest BCUT2D eigenvalue weighted by molar-refractivity contribution is 0.498. The van der Waals surface area contributed by atoms with Gasteiger partial charge in [-0.3, -0.25) is 5.10 Å². The summed E-state index contributed by atoms with van der Waals surface area (Å²) in [6.07, 6.45) is 2.15. The van der Waals surface area contributed by atoms with Crippen molar-refractivity contribution in [1.82, 2.24) is 10.2 Å². The van der Waals surface area contributed by atoms with Gasteiger partial charge in [-0.25, -0.2) is 0 Å². The number of H-pyrrole nitrogens is 1. The van der Waals surface area contributed by atoms with Crippen molar-refractivity contribution in [2.75, 3.05) is 18.0 Å². The molecule has 0 aromatic carbocycles. The minimum absolute atomic E-state index is 0.375. The van der Waals surface area contributed by atoms with Crippen LogP contribution >= 0.6 is 0 Å². The molecule has 0 amide bonds. The fourth-order valence-electron chi connectivity index (χ4n) is 2.38. The van der Waals surface area contributed by atoms with Crippen LogP contribution in [-0.2, 0) is 0 Å². The van der Waals surface area contributed by atoms with Crippen molar-refractivity contribution in [2.24, 2.45) is 5.73 Å². The maximum absolute atomic E-state index is 5.91.